The molecule has 0 atom stereocenters. The zero-order valence-electron chi connectivity index (χ0n) is 15.9. The number of carbonyl (C=O) groups is 1. The highest BCUT2D eigenvalue weighted by Crippen LogP contribution is 2.36. The molecular formula is C21H17ClN2O5. The van der Waals surface area contributed by atoms with E-state index in [0.717, 1.165) is 5.39 Å². The molecule has 0 aliphatic carbocycles. The van der Waals surface area contributed by atoms with Crippen LogP contribution >= 0.6 is 11.6 Å². The van der Waals surface area contributed by atoms with E-state index < -0.39 is 11.5 Å². The first-order chi connectivity index (χ1) is 13.9. The van der Waals surface area contributed by atoms with Gasteiger partial charge in [0.2, 0.25) is 0 Å². The van der Waals surface area contributed by atoms with Crippen LogP contribution in [0.1, 0.15) is 10.5 Å². The number of fused-ring (bicyclic) bond motifs is 3. The number of carbonyl (C=O) groups excluding carboxylic acids is 1. The van der Waals surface area contributed by atoms with E-state index in [4.69, 9.17) is 25.5 Å². The first-order valence-electron chi connectivity index (χ1n) is 8.68. The number of anilines is 1. The summed E-state index contributed by atoms with van der Waals surface area (Å²) >= 11 is 6.18. The molecule has 0 aliphatic rings. The number of hydrogen-bond donors (Lipinski definition) is 1. The van der Waals surface area contributed by atoms with E-state index in [1.807, 2.05) is 12.1 Å². The average molecular weight is 413 g/mol. The molecule has 0 spiro atoms. The van der Waals surface area contributed by atoms with Crippen LogP contribution < -0.4 is 20.4 Å². The minimum Gasteiger partial charge on any atom is -0.495 e. The maximum atomic E-state index is 13.0. The Balaban J connectivity index is 1.82. The van der Waals surface area contributed by atoms with Gasteiger partial charge in [0, 0.05) is 18.5 Å². The van der Waals surface area contributed by atoms with Crippen molar-refractivity contribution in [2.24, 2.45) is 7.05 Å². The number of ether oxygens (including phenoxy) is 2. The molecule has 4 aromatic rings. The minimum absolute atomic E-state index is 0.289. The second-order valence-corrected chi connectivity index (χ2v) is 6.78. The molecule has 0 bridgehead atoms. The van der Waals surface area contributed by atoms with Crippen LogP contribution in [0.4, 0.5) is 5.69 Å². The molecule has 2 aromatic carbocycles. The highest BCUT2D eigenvalue weighted by Gasteiger charge is 2.20. The van der Waals surface area contributed by atoms with Gasteiger partial charge < -0.3 is 23.8 Å². The molecule has 2 aromatic heterocycles. The summed E-state index contributed by atoms with van der Waals surface area (Å²) in [5.74, 6) is 0.394. The molecule has 148 valence electrons. The summed E-state index contributed by atoms with van der Waals surface area (Å²) in [6, 6.07) is 11.8. The van der Waals surface area contributed by atoms with Gasteiger partial charge >= 0.3 is 5.63 Å². The maximum Gasteiger partial charge on any atom is 0.345 e. The summed E-state index contributed by atoms with van der Waals surface area (Å²) in [7, 11) is 4.69. The lowest BCUT2D eigenvalue weighted by Crippen LogP contribution is -2.16. The number of methoxy groups -OCH3 is 2. The van der Waals surface area contributed by atoms with E-state index in [9.17, 15) is 9.59 Å². The van der Waals surface area contributed by atoms with Crippen molar-refractivity contribution in [3.05, 3.63) is 63.6 Å². The van der Waals surface area contributed by atoms with E-state index in [1.165, 1.54) is 20.3 Å². The topological polar surface area (TPSA) is 82.7 Å². The lowest BCUT2D eigenvalue weighted by Gasteiger charge is -2.13. The number of rotatable bonds is 4. The normalized spacial score (nSPS) is 11.0. The summed E-state index contributed by atoms with van der Waals surface area (Å²) < 4.78 is 17.5. The molecule has 8 heteroatoms. The molecule has 7 nitrogen and oxygen atoms in total. The molecule has 0 saturated heterocycles. The molecule has 0 aliphatic heterocycles. The van der Waals surface area contributed by atoms with Crippen LogP contribution in [-0.2, 0) is 7.05 Å². The molecule has 0 unspecified atom stereocenters. The number of amides is 1. The van der Waals surface area contributed by atoms with Crippen LogP contribution in [0.3, 0.4) is 0 Å². The van der Waals surface area contributed by atoms with Crippen molar-refractivity contribution < 1.29 is 18.7 Å². The summed E-state index contributed by atoms with van der Waals surface area (Å²) in [4.78, 5) is 25.4. The van der Waals surface area contributed by atoms with E-state index in [0.29, 0.717) is 38.7 Å². The Morgan fingerprint density at radius 3 is 2.52 bits per heavy atom. The van der Waals surface area contributed by atoms with Gasteiger partial charge in [0.15, 0.2) is 0 Å². The molecule has 1 amide bonds. The van der Waals surface area contributed by atoms with Crippen molar-refractivity contribution in [2.45, 2.75) is 0 Å². The SMILES string of the molecule is COc1cc(OC)c(NC(=O)c2cc3c(=O)oc4ccccc4c3n2C)cc1Cl. The Kier molecular flexibility index (Phi) is 4.68. The number of nitrogens with one attached hydrogen (secondary N) is 1. The summed E-state index contributed by atoms with van der Waals surface area (Å²) in [5, 5.41) is 4.18. The Hall–Kier alpha value is -3.45. The number of aromatic nitrogens is 1. The molecule has 29 heavy (non-hydrogen) atoms. The van der Waals surface area contributed by atoms with Crippen molar-refractivity contribution >= 4 is 45.1 Å². The smallest absolute Gasteiger partial charge is 0.345 e. The van der Waals surface area contributed by atoms with Crippen molar-refractivity contribution in [2.75, 3.05) is 19.5 Å². The van der Waals surface area contributed by atoms with Crippen LogP contribution in [0.5, 0.6) is 11.5 Å². The van der Waals surface area contributed by atoms with Crippen LogP contribution in [0.15, 0.2) is 51.7 Å². The highest BCUT2D eigenvalue weighted by atomic mass is 35.5. The number of hydrogen-bond acceptors (Lipinski definition) is 5. The third-order valence-electron chi connectivity index (χ3n) is 4.75. The van der Waals surface area contributed by atoms with Crippen molar-refractivity contribution in [3.8, 4) is 11.5 Å². The van der Waals surface area contributed by atoms with E-state index in [1.54, 1.807) is 35.9 Å². The van der Waals surface area contributed by atoms with Crippen LogP contribution in [-0.4, -0.2) is 24.7 Å². The maximum absolute atomic E-state index is 13.0. The molecule has 0 saturated carbocycles. The molecule has 0 radical (unpaired) electrons. The zero-order chi connectivity index (χ0) is 20.7. The Morgan fingerprint density at radius 1 is 1.07 bits per heavy atom. The monoisotopic (exact) mass is 412 g/mol. The van der Waals surface area contributed by atoms with Gasteiger partial charge in [0.05, 0.1) is 35.8 Å². The molecule has 1 N–H and O–H groups in total. The third-order valence-corrected chi connectivity index (χ3v) is 5.05. The standard InChI is InChI=1S/C21H17ClN2O5/c1-24-15(8-12-19(24)11-6-4-5-7-16(11)29-21(12)26)20(25)23-14-9-13(22)17(27-2)10-18(14)28-3/h4-10H,1-3H3,(H,23,25). The number of nitrogens with zero attached hydrogens (tertiary/aromatic N) is 1. The van der Waals surface area contributed by atoms with E-state index in [2.05, 4.69) is 5.32 Å². The number of aryl methyl sites for hydroxylation is 1. The van der Waals surface area contributed by atoms with Crippen molar-refractivity contribution in [3.63, 3.8) is 0 Å². The van der Waals surface area contributed by atoms with Crippen molar-refractivity contribution in [1.29, 1.82) is 0 Å². The van der Waals surface area contributed by atoms with Crippen molar-refractivity contribution in [1.82, 2.24) is 4.57 Å². The largest absolute Gasteiger partial charge is 0.495 e. The summed E-state index contributed by atoms with van der Waals surface area (Å²) in [6.07, 6.45) is 0. The van der Waals surface area contributed by atoms with Crippen LogP contribution in [0.2, 0.25) is 5.02 Å². The van der Waals surface area contributed by atoms with Gasteiger partial charge in [-0.3, -0.25) is 4.79 Å². The lowest BCUT2D eigenvalue weighted by atomic mass is 10.2. The first kappa shape index (κ1) is 18.9. The highest BCUT2D eigenvalue weighted by molar-refractivity contribution is 6.32. The van der Waals surface area contributed by atoms with E-state index in [-0.39, 0.29) is 5.69 Å². The molecule has 2 heterocycles. The zero-order valence-corrected chi connectivity index (χ0v) is 16.7. The molecule has 0 fully saturated rings. The predicted octanol–water partition coefficient (Wildman–Crippen LogP) is 4.21. The summed E-state index contributed by atoms with van der Waals surface area (Å²) in [6.45, 7) is 0. The number of halogens is 1. The van der Waals surface area contributed by atoms with Gasteiger partial charge in [-0.25, -0.2) is 4.79 Å². The van der Waals surface area contributed by atoms with E-state index >= 15 is 0 Å². The minimum atomic E-state index is -0.501. The number of benzene rings is 2. The average Bonchev–Trinajstić information content (AvgIpc) is 3.07. The predicted molar refractivity (Wildman–Crippen MR) is 111 cm³/mol. The quantitative estimate of drug-likeness (QED) is 0.508. The van der Waals surface area contributed by atoms with Crippen LogP contribution in [0.25, 0.3) is 21.9 Å². The van der Waals surface area contributed by atoms with Crippen LogP contribution in [0, 0.1) is 0 Å². The fourth-order valence-electron chi connectivity index (χ4n) is 3.35. The fourth-order valence-corrected chi connectivity index (χ4v) is 3.59. The Morgan fingerprint density at radius 2 is 1.79 bits per heavy atom. The van der Waals surface area contributed by atoms with Gasteiger partial charge in [-0.15, -0.1) is 0 Å². The first-order valence-corrected chi connectivity index (χ1v) is 9.06. The second-order valence-electron chi connectivity index (χ2n) is 6.38. The molecular weight excluding hydrogens is 396 g/mol. The second kappa shape index (κ2) is 7.18. The number of para-hydroxylation sites is 1. The third kappa shape index (κ3) is 3.09. The van der Waals surface area contributed by atoms with Gasteiger partial charge in [-0.2, -0.15) is 0 Å². The lowest BCUT2D eigenvalue weighted by molar-refractivity contribution is 0.101. The summed E-state index contributed by atoms with van der Waals surface area (Å²) in [5.41, 5.74) is 1.25. The van der Waals surface area contributed by atoms with Gasteiger partial charge in [-0.05, 0) is 24.3 Å². The Bertz CT molecular complexity index is 1320. The fraction of sp³-hybridized carbons (Fsp3) is 0.143. The van der Waals surface area contributed by atoms with Gasteiger partial charge in [0.25, 0.3) is 5.91 Å². The van der Waals surface area contributed by atoms with Gasteiger partial charge in [0.1, 0.15) is 22.8 Å². The Labute approximate surface area is 170 Å². The van der Waals surface area contributed by atoms with Gasteiger partial charge in [-0.1, -0.05) is 23.7 Å². The molecule has 4 rings (SSSR count).